The molecule has 3 rings (SSSR count). The highest BCUT2D eigenvalue weighted by Gasteiger charge is 2.30. The second-order valence-corrected chi connectivity index (χ2v) is 6.77. The summed E-state index contributed by atoms with van der Waals surface area (Å²) < 4.78 is 0. The van der Waals surface area contributed by atoms with Crippen LogP contribution in [0.1, 0.15) is 12.6 Å². The van der Waals surface area contributed by atoms with Crippen LogP contribution in [0.5, 0.6) is 0 Å². The van der Waals surface area contributed by atoms with Crippen LogP contribution in [0, 0.1) is 6.92 Å². The lowest BCUT2D eigenvalue weighted by Crippen LogP contribution is -2.45. The van der Waals surface area contributed by atoms with Gasteiger partial charge in [0.2, 0.25) is 11.8 Å². The fourth-order valence-corrected chi connectivity index (χ4v) is 3.37. The third-order valence-corrected chi connectivity index (χ3v) is 4.47. The monoisotopic (exact) mass is 343 g/mol. The molecule has 1 atom stereocenters. The lowest BCUT2D eigenvalue weighted by Gasteiger charge is -2.30. The number of nitrogen functional groups attached to an aromatic ring is 1. The quantitative estimate of drug-likeness (QED) is 0.651. The summed E-state index contributed by atoms with van der Waals surface area (Å²) in [7, 11) is 0. The number of nitrogens with one attached hydrogen (secondary N) is 1. The van der Waals surface area contributed by atoms with E-state index in [0.29, 0.717) is 22.3 Å². The van der Waals surface area contributed by atoms with Crippen LogP contribution in [0.2, 0.25) is 0 Å². The van der Waals surface area contributed by atoms with Crippen LogP contribution >= 0.6 is 11.8 Å². The minimum atomic E-state index is -0.454. The highest BCUT2D eigenvalue weighted by molar-refractivity contribution is 8.00. The number of fused-ring (bicyclic) bond motifs is 1. The standard InChI is InChI=1S/C16H17N5O2S/c1-9-7-13(17)20-16(18-9)24-10(2)15(23)21-8-14(22)19-11-5-3-4-6-12(11)21/h3-7,10H,8H2,1-2H3,(H,19,22)(H2,17,18,20)/t10-/m1/s1. The molecule has 7 nitrogen and oxygen atoms in total. The van der Waals surface area contributed by atoms with E-state index >= 15 is 0 Å². The molecule has 0 saturated heterocycles. The van der Waals surface area contributed by atoms with Gasteiger partial charge in [0.25, 0.3) is 0 Å². The molecule has 24 heavy (non-hydrogen) atoms. The van der Waals surface area contributed by atoms with Crippen LogP contribution in [0.3, 0.4) is 0 Å². The molecule has 2 aromatic rings. The van der Waals surface area contributed by atoms with Gasteiger partial charge in [-0.05, 0) is 26.0 Å². The maximum absolute atomic E-state index is 12.8. The minimum Gasteiger partial charge on any atom is -0.384 e. The first kappa shape index (κ1) is 16.3. The molecular formula is C16H17N5O2S. The van der Waals surface area contributed by atoms with E-state index in [1.807, 2.05) is 25.1 Å². The van der Waals surface area contributed by atoms with E-state index in [4.69, 9.17) is 5.73 Å². The second kappa shape index (κ2) is 6.48. The van der Waals surface area contributed by atoms with Crippen molar-refractivity contribution in [2.24, 2.45) is 0 Å². The van der Waals surface area contributed by atoms with Crippen LogP contribution in [-0.2, 0) is 9.59 Å². The highest BCUT2D eigenvalue weighted by Crippen LogP contribution is 2.31. The Kier molecular flexibility index (Phi) is 4.39. The summed E-state index contributed by atoms with van der Waals surface area (Å²) in [6.45, 7) is 3.58. The molecule has 3 N–H and O–H groups in total. The number of hydrogen-bond acceptors (Lipinski definition) is 6. The number of nitrogens with zero attached hydrogens (tertiary/aromatic N) is 3. The molecule has 0 aliphatic carbocycles. The van der Waals surface area contributed by atoms with Crippen molar-refractivity contribution in [2.75, 3.05) is 22.5 Å². The zero-order valence-corrected chi connectivity index (χ0v) is 14.1. The van der Waals surface area contributed by atoms with Crippen molar-refractivity contribution < 1.29 is 9.59 Å². The molecule has 1 aromatic carbocycles. The zero-order chi connectivity index (χ0) is 17.3. The molecule has 0 fully saturated rings. The lowest BCUT2D eigenvalue weighted by atomic mass is 10.2. The van der Waals surface area contributed by atoms with E-state index in [9.17, 15) is 9.59 Å². The lowest BCUT2D eigenvalue weighted by molar-refractivity contribution is -0.121. The minimum absolute atomic E-state index is 0.00242. The average Bonchev–Trinajstić information content (AvgIpc) is 2.52. The number of thioether (sulfide) groups is 1. The molecular weight excluding hydrogens is 326 g/mol. The first-order chi connectivity index (χ1) is 11.4. The van der Waals surface area contributed by atoms with Gasteiger partial charge in [0.1, 0.15) is 12.4 Å². The van der Waals surface area contributed by atoms with Crippen molar-refractivity contribution in [1.29, 1.82) is 0 Å². The average molecular weight is 343 g/mol. The Morgan fingerprint density at radius 3 is 2.88 bits per heavy atom. The third-order valence-electron chi connectivity index (χ3n) is 3.52. The van der Waals surface area contributed by atoms with Gasteiger partial charge in [-0.25, -0.2) is 9.97 Å². The molecule has 1 aliphatic rings. The van der Waals surface area contributed by atoms with Crippen molar-refractivity contribution in [3.63, 3.8) is 0 Å². The smallest absolute Gasteiger partial charge is 0.244 e. The number of benzene rings is 1. The fraction of sp³-hybridized carbons (Fsp3) is 0.250. The van der Waals surface area contributed by atoms with Crippen LogP contribution in [0.15, 0.2) is 35.5 Å². The van der Waals surface area contributed by atoms with E-state index in [1.54, 1.807) is 19.1 Å². The number of para-hydroxylation sites is 2. The Bertz CT molecular complexity index is 791. The zero-order valence-electron chi connectivity index (χ0n) is 13.3. The molecule has 0 unspecified atom stereocenters. The predicted molar refractivity (Wildman–Crippen MR) is 93.9 cm³/mol. The highest BCUT2D eigenvalue weighted by atomic mass is 32.2. The van der Waals surface area contributed by atoms with Crippen molar-refractivity contribution >= 4 is 40.8 Å². The molecule has 124 valence electrons. The van der Waals surface area contributed by atoms with Crippen LogP contribution in [0.25, 0.3) is 0 Å². The summed E-state index contributed by atoms with van der Waals surface area (Å²) in [5, 5.41) is 2.76. The number of carbonyl (C=O) groups is 2. The number of aryl methyl sites for hydroxylation is 1. The van der Waals surface area contributed by atoms with Gasteiger partial charge in [-0.3, -0.25) is 14.5 Å². The van der Waals surface area contributed by atoms with Gasteiger partial charge in [0, 0.05) is 11.8 Å². The Morgan fingerprint density at radius 2 is 2.12 bits per heavy atom. The molecule has 0 saturated carbocycles. The number of rotatable bonds is 3. The summed E-state index contributed by atoms with van der Waals surface area (Å²) in [5.74, 6) is -0.0198. The van der Waals surface area contributed by atoms with Crippen molar-refractivity contribution in [1.82, 2.24) is 9.97 Å². The molecule has 1 aliphatic heterocycles. The number of aromatic nitrogens is 2. The normalized spacial score (nSPS) is 14.8. The van der Waals surface area contributed by atoms with Crippen molar-refractivity contribution in [2.45, 2.75) is 24.3 Å². The Balaban J connectivity index is 1.82. The summed E-state index contributed by atoms with van der Waals surface area (Å²) in [4.78, 5) is 34.6. The molecule has 0 bridgehead atoms. The van der Waals surface area contributed by atoms with E-state index in [0.717, 1.165) is 5.69 Å². The third kappa shape index (κ3) is 3.33. The largest absolute Gasteiger partial charge is 0.384 e. The summed E-state index contributed by atoms with van der Waals surface area (Å²) in [6.07, 6.45) is 0. The van der Waals surface area contributed by atoms with Gasteiger partial charge in [0.15, 0.2) is 5.16 Å². The first-order valence-electron chi connectivity index (χ1n) is 7.42. The molecule has 0 spiro atoms. The number of nitrogens with two attached hydrogens (primary N) is 1. The van der Waals surface area contributed by atoms with Crippen LogP contribution in [-0.4, -0.2) is 33.6 Å². The SMILES string of the molecule is Cc1cc(N)nc(S[C@H](C)C(=O)N2CC(=O)Nc3ccccc32)n1. The Hall–Kier alpha value is -2.61. The van der Waals surface area contributed by atoms with Crippen LogP contribution in [0.4, 0.5) is 17.2 Å². The first-order valence-corrected chi connectivity index (χ1v) is 8.30. The van der Waals surface area contributed by atoms with E-state index in [-0.39, 0.29) is 18.4 Å². The van der Waals surface area contributed by atoms with Gasteiger partial charge < -0.3 is 11.1 Å². The molecule has 8 heteroatoms. The van der Waals surface area contributed by atoms with Gasteiger partial charge in [-0.15, -0.1) is 0 Å². The van der Waals surface area contributed by atoms with E-state index < -0.39 is 5.25 Å². The number of hydrogen-bond donors (Lipinski definition) is 2. The topological polar surface area (TPSA) is 101 Å². The maximum atomic E-state index is 12.8. The van der Waals surface area contributed by atoms with Gasteiger partial charge in [-0.2, -0.15) is 0 Å². The maximum Gasteiger partial charge on any atom is 0.244 e. The summed E-state index contributed by atoms with van der Waals surface area (Å²) >= 11 is 1.22. The van der Waals surface area contributed by atoms with E-state index in [1.165, 1.54) is 16.7 Å². The molecule has 2 amide bonds. The Labute approximate surface area is 143 Å². The number of amides is 2. The predicted octanol–water partition coefficient (Wildman–Crippen LogP) is 1.83. The Morgan fingerprint density at radius 1 is 1.38 bits per heavy atom. The fourth-order valence-electron chi connectivity index (χ4n) is 2.48. The second-order valence-electron chi connectivity index (χ2n) is 5.47. The van der Waals surface area contributed by atoms with Crippen molar-refractivity contribution in [3.05, 3.63) is 36.0 Å². The van der Waals surface area contributed by atoms with Gasteiger partial charge in [0.05, 0.1) is 16.6 Å². The number of anilines is 3. The van der Waals surface area contributed by atoms with Crippen molar-refractivity contribution in [3.8, 4) is 0 Å². The van der Waals surface area contributed by atoms with Gasteiger partial charge >= 0.3 is 0 Å². The molecule has 1 aromatic heterocycles. The van der Waals surface area contributed by atoms with Gasteiger partial charge in [-0.1, -0.05) is 23.9 Å². The van der Waals surface area contributed by atoms with Crippen LogP contribution < -0.4 is 16.0 Å². The molecule has 0 radical (unpaired) electrons. The summed E-state index contributed by atoms with van der Waals surface area (Å²) in [6, 6.07) is 8.90. The number of carbonyl (C=O) groups excluding carboxylic acids is 2. The molecule has 2 heterocycles. The van der Waals surface area contributed by atoms with E-state index in [2.05, 4.69) is 15.3 Å². The summed E-state index contributed by atoms with van der Waals surface area (Å²) in [5.41, 5.74) is 7.79.